The number of nitrogens with zero attached hydrogens (tertiary/aromatic N) is 5. The van der Waals surface area contributed by atoms with Crippen molar-refractivity contribution in [3.05, 3.63) is 65.0 Å². The summed E-state index contributed by atoms with van der Waals surface area (Å²) in [5, 5.41) is 17.5. The number of hydrogen-bond acceptors (Lipinski definition) is 7. The minimum Gasteiger partial charge on any atom is -0.301 e. The number of carbonyl (C=O) groups is 1. The number of aromatic nitrogens is 5. The minimum atomic E-state index is -0.398. The average Bonchev–Trinajstić information content (AvgIpc) is 3.40. The molecule has 4 rings (SSSR count). The summed E-state index contributed by atoms with van der Waals surface area (Å²) in [6, 6.07) is 15.9. The summed E-state index contributed by atoms with van der Waals surface area (Å²) < 4.78 is 1.65. The fourth-order valence-electron chi connectivity index (χ4n) is 2.76. The van der Waals surface area contributed by atoms with Crippen molar-refractivity contribution in [2.45, 2.75) is 31.2 Å². The Kier molecular flexibility index (Phi) is 5.91. The van der Waals surface area contributed by atoms with Crippen molar-refractivity contribution in [3.63, 3.8) is 0 Å². The van der Waals surface area contributed by atoms with Gasteiger partial charge in [-0.3, -0.25) is 4.79 Å². The van der Waals surface area contributed by atoms with Crippen molar-refractivity contribution >= 4 is 34.1 Å². The highest BCUT2D eigenvalue weighted by molar-refractivity contribution is 8.00. The van der Waals surface area contributed by atoms with Crippen molar-refractivity contribution in [2.24, 2.45) is 0 Å². The largest absolute Gasteiger partial charge is 0.301 e. The molecule has 0 bridgehead atoms. The number of carbonyl (C=O) groups excluding carboxylic acids is 1. The fraction of sp³-hybridized carbons (Fsp3) is 0.190. The summed E-state index contributed by atoms with van der Waals surface area (Å²) in [7, 11) is 0. The Bertz CT molecular complexity index is 1170. The third-order valence-corrected chi connectivity index (χ3v) is 6.42. The molecule has 2 aromatic carbocycles. The summed E-state index contributed by atoms with van der Waals surface area (Å²) in [6.45, 7) is 5.93. The highest BCUT2D eigenvalue weighted by Crippen LogP contribution is 2.27. The maximum absolute atomic E-state index is 12.7. The van der Waals surface area contributed by atoms with Gasteiger partial charge in [-0.1, -0.05) is 48.2 Å². The molecule has 0 spiro atoms. The van der Waals surface area contributed by atoms with Crippen LogP contribution in [0, 0.1) is 13.8 Å². The summed E-state index contributed by atoms with van der Waals surface area (Å²) in [5.74, 6) is -0.149. The second-order valence-electron chi connectivity index (χ2n) is 6.80. The van der Waals surface area contributed by atoms with Gasteiger partial charge in [0, 0.05) is 10.9 Å². The zero-order chi connectivity index (χ0) is 21.1. The number of nitrogens with one attached hydrogen (secondary N) is 1. The number of thiazole rings is 1. The first-order valence-corrected chi connectivity index (χ1v) is 11.1. The van der Waals surface area contributed by atoms with Gasteiger partial charge in [0.2, 0.25) is 11.1 Å². The van der Waals surface area contributed by atoms with E-state index in [9.17, 15) is 4.79 Å². The van der Waals surface area contributed by atoms with Gasteiger partial charge in [-0.05, 0) is 54.5 Å². The molecule has 0 fully saturated rings. The number of rotatable bonds is 6. The monoisotopic (exact) mass is 436 g/mol. The van der Waals surface area contributed by atoms with Gasteiger partial charge in [0.25, 0.3) is 0 Å². The SMILES string of the molecule is Cc1ccc(-n2nnnc2SC(C)C(=O)Nc2nc(-c3ccccc3)cs2)cc1C. The van der Waals surface area contributed by atoms with Gasteiger partial charge in [-0.15, -0.1) is 16.4 Å². The Morgan fingerprint density at radius 2 is 1.93 bits per heavy atom. The third kappa shape index (κ3) is 4.42. The number of thioether (sulfide) groups is 1. The topological polar surface area (TPSA) is 85.6 Å². The van der Waals surface area contributed by atoms with E-state index in [1.54, 1.807) is 4.68 Å². The molecule has 1 N–H and O–H groups in total. The molecule has 1 atom stereocenters. The molecule has 0 radical (unpaired) electrons. The fourth-order valence-corrected chi connectivity index (χ4v) is 4.29. The molecule has 0 aliphatic rings. The van der Waals surface area contributed by atoms with Gasteiger partial charge in [-0.2, -0.15) is 4.68 Å². The van der Waals surface area contributed by atoms with Crippen LogP contribution in [0.3, 0.4) is 0 Å². The molecule has 2 aromatic heterocycles. The summed E-state index contributed by atoms with van der Waals surface area (Å²) in [6.07, 6.45) is 0. The summed E-state index contributed by atoms with van der Waals surface area (Å²) >= 11 is 2.71. The number of benzene rings is 2. The smallest absolute Gasteiger partial charge is 0.239 e. The van der Waals surface area contributed by atoms with E-state index in [0.717, 1.165) is 22.5 Å². The van der Waals surface area contributed by atoms with E-state index in [-0.39, 0.29) is 5.91 Å². The molecular formula is C21H20N6OS2. The molecule has 7 nitrogen and oxygen atoms in total. The molecule has 4 aromatic rings. The number of anilines is 1. The van der Waals surface area contributed by atoms with Crippen LogP contribution >= 0.6 is 23.1 Å². The van der Waals surface area contributed by atoms with Gasteiger partial charge in [-0.25, -0.2) is 4.98 Å². The average molecular weight is 437 g/mol. The molecule has 0 aliphatic carbocycles. The Balaban J connectivity index is 1.44. The lowest BCUT2D eigenvalue weighted by Gasteiger charge is -2.11. The van der Waals surface area contributed by atoms with Crippen molar-refractivity contribution in [1.82, 2.24) is 25.2 Å². The molecule has 1 amide bonds. The van der Waals surface area contributed by atoms with Crippen molar-refractivity contribution < 1.29 is 4.79 Å². The first-order valence-electron chi connectivity index (χ1n) is 9.36. The van der Waals surface area contributed by atoms with E-state index in [2.05, 4.69) is 32.7 Å². The molecular weight excluding hydrogens is 416 g/mol. The number of tetrazole rings is 1. The third-order valence-electron chi connectivity index (χ3n) is 4.63. The second-order valence-corrected chi connectivity index (χ2v) is 8.96. The van der Waals surface area contributed by atoms with Crippen molar-refractivity contribution in [1.29, 1.82) is 0 Å². The van der Waals surface area contributed by atoms with Crippen LogP contribution in [0.5, 0.6) is 0 Å². The molecule has 1 unspecified atom stereocenters. The van der Waals surface area contributed by atoms with Crippen LogP contribution in [-0.2, 0) is 4.79 Å². The van der Waals surface area contributed by atoms with Crippen LogP contribution in [0.4, 0.5) is 5.13 Å². The number of hydrogen-bond donors (Lipinski definition) is 1. The lowest BCUT2D eigenvalue weighted by Crippen LogP contribution is -2.22. The van der Waals surface area contributed by atoms with Crippen LogP contribution in [0.15, 0.2) is 59.1 Å². The van der Waals surface area contributed by atoms with Gasteiger partial charge in [0.15, 0.2) is 5.13 Å². The summed E-state index contributed by atoms with van der Waals surface area (Å²) in [4.78, 5) is 17.2. The first kappa shape index (κ1) is 20.2. The molecule has 152 valence electrons. The Morgan fingerprint density at radius 1 is 1.13 bits per heavy atom. The van der Waals surface area contributed by atoms with E-state index in [0.29, 0.717) is 10.3 Å². The standard InChI is InChI=1S/C21H20N6OS2/c1-13-9-10-17(11-14(13)2)27-21(24-25-26-27)30-15(3)19(28)23-20-22-18(12-29-20)16-7-5-4-6-8-16/h4-12,15H,1-3H3,(H,22,23,28). The molecule has 9 heteroatoms. The Labute approximate surface area is 182 Å². The van der Waals surface area contributed by atoms with Gasteiger partial charge in [0.1, 0.15) is 0 Å². The van der Waals surface area contributed by atoms with Crippen molar-refractivity contribution in [3.8, 4) is 16.9 Å². The van der Waals surface area contributed by atoms with Crippen LogP contribution in [0.25, 0.3) is 16.9 Å². The number of amides is 1. The van der Waals surface area contributed by atoms with Gasteiger partial charge in [0.05, 0.1) is 16.6 Å². The lowest BCUT2D eigenvalue weighted by molar-refractivity contribution is -0.115. The van der Waals surface area contributed by atoms with Crippen LogP contribution in [-0.4, -0.2) is 36.3 Å². The minimum absolute atomic E-state index is 0.149. The van der Waals surface area contributed by atoms with E-state index >= 15 is 0 Å². The normalized spacial score (nSPS) is 12.0. The maximum Gasteiger partial charge on any atom is 0.239 e. The van der Waals surface area contributed by atoms with E-state index in [4.69, 9.17) is 0 Å². The maximum atomic E-state index is 12.7. The molecule has 0 saturated carbocycles. The van der Waals surface area contributed by atoms with Crippen molar-refractivity contribution in [2.75, 3.05) is 5.32 Å². The summed E-state index contributed by atoms with van der Waals surface area (Å²) in [5.41, 5.74) is 5.08. The molecule has 2 heterocycles. The van der Waals surface area contributed by atoms with E-state index < -0.39 is 5.25 Å². The lowest BCUT2D eigenvalue weighted by atomic mass is 10.1. The molecule has 0 saturated heterocycles. The van der Waals surface area contributed by atoms with E-state index in [1.165, 1.54) is 28.7 Å². The highest BCUT2D eigenvalue weighted by Gasteiger charge is 2.20. The van der Waals surface area contributed by atoms with Crippen LogP contribution in [0.1, 0.15) is 18.1 Å². The predicted octanol–water partition coefficient (Wildman–Crippen LogP) is 4.52. The second kappa shape index (κ2) is 8.76. The van der Waals surface area contributed by atoms with Gasteiger partial charge >= 0.3 is 0 Å². The Hall–Kier alpha value is -3.04. The first-order chi connectivity index (χ1) is 14.5. The molecule has 0 aliphatic heterocycles. The van der Waals surface area contributed by atoms with Gasteiger partial charge < -0.3 is 5.32 Å². The zero-order valence-corrected chi connectivity index (χ0v) is 18.4. The zero-order valence-electron chi connectivity index (χ0n) is 16.7. The van der Waals surface area contributed by atoms with Crippen LogP contribution < -0.4 is 5.32 Å². The molecule has 30 heavy (non-hydrogen) atoms. The van der Waals surface area contributed by atoms with E-state index in [1.807, 2.05) is 67.8 Å². The predicted molar refractivity (Wildman–Crippen MR) is 120 cm³/mol. The van der Waals surface area contributed by atoms with Crippen LogP contribution in [0.2, 0.25) is 0 Å². The number of aryl methyl sites for hydroxylation is 2. The quantitative estimate of drug-likeness (QED) is 0.447. The Morgan fingerprint density at radius 3 is 2.70 bits per heavy atom. The highest BCUT2D eigenvalue weighted by atomic mass is 32.2.